The van der Waals surface area contributed by atoms with Gasteiger partial charge in [-0.3, -0.25) is 9.47 Å². The molecule has 152 valence electrons. The molecule has 0 amide bonds. The standard InChI is InChI=1S/C18H27N7O3/c19-15-12-16(22-9-21-15)25(10-23-12)17-14(27)13(26)11(28-17)8-24-7-1-2-18(24)3-5-20-6-4-18/h9-11,13-14,17,20,26-27H,1-8H2,(H2,19,21,22)/t11-,13-,14-,17-/m1/s1. The minimum Gasteiger partial charge on any atom is -0.387 e. The summed E-state index contributed by atoms with van der Waals surface area (Å²) in [5.74, 6) is 0.276. The molecular weight excluding hydrogens is 362 g/mol. The lowest BCUT2D eigenvalue weighted by molar-refractivity contribution is -0.0544. The lowest BCUT2D eigenvalue weighted by atomic mass is 9.85. The summed E-state index contributed by atoms with van der Waals surface area (Å²) in [5, 5.41) is 24.8. The lowest BCUT2D eigenvalue weighted by Gasteiger charge is -2.43. The Bertz CT molecular complexity index is 853. The molecule has 5 rings (SSSR count). The van der Waals surface area contributed by atoms with Gasteiger partial charge < -0.3 is 26.0 Å². The van der Waals surface area contributed by atoms with Crippen LogP contribution in [0.4, 0.5) is 5.82 Å². The number of nitrogens with two attached hydrogens (primary N) is 1. The van der Waals surface area contributed by atoms with Crippen LogP contribution in [0.2, 0.25) is 0 Å². The molecule has 3 aliphatic heterocycles. The maximum atomic E-state index is 10.7. The SMILES string of the molecule is Nc1ncnc2c1ncn2[C@@H]1O[C@H](CN2CCCC23CCNCC3)[C@@H](O)[C@H]1O. The Morgan fingerprint density at radius 1 is 1.18 bits per heavy atom. The largest absolute Gasteiger partial charge is 0.387 e. The second-order valence-electron chi connectivity index (χ2n) is 8.15. The van der Waals surface area contributed by atoms with E-state index in [2.05, 4.69) is 25.2 Å². The Labute approximate surface area is 162 Å². The Morgan fingerprint density at radius 2 is 2.00 bits per heavy atom. The molecule has 1 spiro atoms. The summed E-state index contributed by atoms with van der Waals surface area (Å²) in [5.41, 5.74) is 7.00. The molecule has 3 saturated heterocycles. The first-order valence-electron chi connectivity index (χ1n) is 9.99. The molecule has 3 aliphatic rings. The van der Waals surface area contributed by atoms with E-state index in [4.69, 9.17) is 10.5 Å². The molecule has 0 saturated carbocycles. The van der Waals surface area contributed by atoms with Crippen molar-refractivity contribution in [3.8, 4) is 0 Å². The number of aliphatic hydroxyl groups is 2. The zero-order valence-electron chi connectivity index (χ0n) is 15.7. The molecule has 0 aliphatic carbocycles. The average Bonchev–Trinajstić information content (AvgIpc) is 3.37. The number of nitrogen functional groups attached to an aromatic ring is 1. The number of piperidine rings is 1. The summed E-state index contributed by atoms with van der Waals surface area (Å²) >= 11 is 0. The number of rotatable bonds is 3. The van der Waals surface area contributed by atoms with Crippen molar-refractivity contribution >= 4 is 17.0 Å². The Hall–Kier alpha value is -1.85. The summed E-state index contributed by atoms with van der Waals surface area (Å²) in [6.07, 6.45) is 4.20. The Kier molecular flexibility index (Phi) is 4.48. The van der Waals surface area contributed by atoms with Gasteiger partial charge in [0.2, 0.25) is 0 Å². The Balaban J connectivity index is 1.37. The Morgan fingerprint density at radius 3 is 2.82 bits per heavy atom. The van der Waals surface area contributed by atoms with Crippen LogP contribution in [0, 0.1) is 0 Å². The highest BCUT2D eigenvalue weighted by molar-refractivity contribution is 5.81. The van der Waals surface area contributed by atoms with Crippen molar-refractivity contribution in [3.63, 3.8) is 0 Å². The third-order valence-electron chi connectivity index (χ3n) is 6.67. The van der Waals surface area contributed by atoms with Gasteiger partial charge in [-0.15, -0.1) is 0 Å². The van der Waals surface area contributed by atoms with Gasteiger partial charge in [-0.1, -0.05) is 0 Å². The van der Waals surface area contributed by atoms with Crippen LogP contribution in [0.1, 0.15) is 31.9 Å². The normalized spacial score (nSPS) is 33.2. The molecule has 0 radical (unpaired) electrons. The third-order valence-corrected chi connectivity index (χ3v) is 6.67. The van der Waals surface area contributed by atoms with Crippen molar-refractivity contribution in [2.24, 2.45) is 0 Å². The number of ether oxygens (including phenoxy) is 1. The second-order valence-corrected chi connectivity index (χ2v) is 8.15. The summed E-state index contributed by atoms with van der Waals surface area (Å²) < 4.78 is 7.77. The number of likely N-dealkylation sites (tertiary alicyclic amines) is 1. The highest BCUT2D eigenvalue weighted by atomic mass is 16.6. The fourth-order valence-electron chi connectivity index (χ4n) is 5.12. The molecule has 10 nitrogen and oxygen atoms in total. The van der Waals surface area contributed by atoms with E-state index in [0.29, 0.717) is 17.7 Å². The molecule has 2 aromatic heterocycles. The minimum atomic E-state index is -1.06. The van der Waals surface area contributed by atoms with Crippen molar-refractivity contribution < 1.29 is 14.9 Å². The van der Waals surface area contributed by atoms with Crippen LogP contribution in [-0.2, 0) is 4.74 Å². The van der Waals surface area contributed by atoms with Crippen molar-refractivity contribution in [1.29, 1.82) is 0 Å². The average molecular weight is 389 g/mol. The van der Waals surface area contributed by atoms with Gasteiger partial charge in [0.1, 0.15) is 30.2 Å². The zero-order chi connectivity index (χ0) is 19.3. The van der Waals surface area contributed by atoms with Gasteiger partial charge in [0, 0.05) is 12.1 Å². The van der Waals surface area contributed by atoms with Crippen LogP contribution in [-0.4, -0.2) is 84.7 Å². The van der Waals surface area contributed by atoms with Crippen LogP contribution in [0.25, 0.3) is 11.2 Å². The van der Waals surface area contributed by atoms with Gasteiger partial charge in [0.05, 0.1) is 6.33 Å². The van der Waals surface area contributed by atoms with Gasteiger partial charge >= 0.3 is 0 Å². The smallest absolute Gasteiger partial charge is 0.167 e. The molecule has 0 aromatic carbocycles. The molecule has 5 heterocycles. The molecule has 10 heteroatoms. The highest BCUT2D eigenvalue weighted by Crippen LogP contribution is 2.39. The number of hydrogen-bond donors (Lipinski definition) is 4. The van der Waals surface area contributed by atoms with Crippen LogP contribution in [0.15, 0.2) is 12.7 Å². The maximum Gasteiger partial charge on any atom is 0.167 e. The fourth-order valence-corrected chi connectivity index (χ4v) is 5.12. The zero-order valence-corrected chi connectivity index (χ0v) is 15.7. The van der Waals surface area contributed by atoms with E-state index in [-0.39, 0.29) is 11.4 Å². The number of aliphatic hydroxyl groups excluding tert-OH is 2. The molecule has 2 aromatic rings. The topological polar surface area (TPSA) is 135 Å². The van der Waals surface area contributed by atoms with E-state index in [9.17, 15) is 10.2 Å². The number of aromatic nitrogens is 4. The summed E-state index contributed by atoms with van der Waals surface area (Å²) in [6.45, 7) is 3.67. The number of fused-ring (bicyclic) bond motifs is 1. The fraction of sp³-hybridized carbons (Fsp3) is 0.722. The monoisotopic (exact) mass is 389 g/mol. The predicted molar refractivity (Wildman–Crippen MR) is 101 cm³/mol. The first-order valence-corrected chi connectivity index (χ1v) is 9.99. The number of nitrogens with one attached hydrogen (secondary N) is 1. The number of nitrogens with zero attached hydrogens (tertiary/aromatic N) is 5. The molecular formula is C18H27N7O3. The molecule has 0 bridgehead atoms. The predicted octanol–water partition coefficient (Wildman–Crippen LogP) is -0.754. The minimum absolute atomic E-state index is 0.195. The lowest BCUT2D eigenvalue weighted by Crippen LogP contribution is -2.54. The number of anilines is 1. The summed E-state index contributed by atoms with van der Waals surface area (Å²) in [7, 11) is 0. The van der Waals surface area contributed by atoms with Crippen molar-refractivity contribution in [2.45, 2.75) is 55.8 Å². The molecule has 4 atom stereocenters. The second kappa shape index (κ2) is 6.89. The van der Waals surface area contributed by atoms with E-state index in [1.54, 1.807) is 4.57 Å². The molecule has 28 heavy (non-hydrogen) atoms. The van der Waals surface area contributed by atoms with Gasteiger partial charge in [-0.2, -0.15) is 0 Å². The number of hydrogen-bond acceptors (Lipinski definition) is 9. The van der Waals surface area contributed by atoms with Crippen molar-refractivity contribution in [2.75, 3.05) is 31.9 Å². The van der Waals surface area contributed by atoms with Crippen LogP contribution >= 0.6 is 0 Å². The quantitative estimate of drug-likeness (QED) is 0.534. The van der Waals surface area contributed by atoms with E-state index in [1.165, 1.54) is 19.1 Å². The third kappa shape index (κ3) is 2.79. The van der Waals surface area contributed by atoms with Crippen molar-refractivity contribution in [3.05, 3.63) is 12.7 Å². The van der Waals surface area contributed by atoms with E-state index in [0.717, 1.165) is 38.9 Å². The molecule has 3 fully saturated rings. The summed E-state index contributed by atoms with van der Waals surface area (Å²) in [6, 6.07) is 0. The molecule has 5 N–H and O–H groups in total. The van der Waals surface area contributed by atoms with E-state index >= 15 is 0 Å². The first kappa shape index (κ1) is 18.2. The van der Waals surface area contributed by atoms with Crippen LogP contribution < -0.4 is 11.1 Å². The summed E-state index contributed by atoms with van der Waals surface area (Å²) in [4.78, 5) is 14.9. The van der Waals surface area contributed by atoms with Crippen LogP contribution in [0.3, 0.4) is 0 Å². The maximum absolute atomic E-state index is 10.7. The van der Waals surface area contributed by atoms with Crippen molar-refractivity contribution in [1.82, 2.24) is 29.7 Å². The molecule has 0 unspecified atom stereocenters. The van der Waals surface area contributed by atoms with Gasteiger partial charge in [-0.05, 0) is 45.3 Å². The van der Waals surface area contributed by atoms with E-state index in [1.807, 2.05) is 0 Å². The first-order chi connectivity index (χ1) is 13.6. The van der Waals surface area contributed by atoms with Gasteiger partial charge in [0.15, 0.2) is 17.7 Å². The number of imidazole rings is 1. The van der Waals surface area contributed by atoms with Crippen LogP contribution in [0.5, 0.6) is 0 Å². The van der Waals surface area contributed by atoms with E-state index < -0.39 is 24.5 Å². The highest BCUT2D eigenvalue weighted by Gasteiger charge is 2.48. The van der Waals surface area contributed by atoms with Gasteiger partial charge in [-0.25, -0.2) is 15.0 Å². The van der Waals surface area contributed by atoms with Gasteiger partial charge in [0.25, 0.3) is 0 Å².